The van der Waals surface area contributed by atoms with Crippen molar-refractivity contribution in [3.63, 3.8) is 0 Å². The zero-order valence-electron chi connectivity index (χ0n) is 21.8. The fourth-order valence-electron chi connectivity index (χ4n) is 5.11. The second-order valence-electron chi connectivity index (χ2n) is 10.0. The van der Waals surface area contributed by atoms with Crippen LogP contribution in [0.3, 0.4) is 0 Å². The summed E-state index contributed by atoms with van der Waals surface area (Å²) in [4.78, 5) is 27.3. The Morgan fingerprint density at radius 2 is 1.60 bits per heavy atom. The Hall–Kier alpha value is -2.62. The van der Waals surface area contributed by atoms with Crippen LogP contribution >= 0.6 is 0 Å². The van der Waals surface area contributed by atoms with Gasteiger partial charge in [0.2, 0.25) is 5.91 Å². The largest absolute Gasteiger partial charge is 0.465 e. The van der Waals surface area contributed by atoms with Gasteiger partial charge in [-0.2, -0.15) is 0 Å². The summed E-state index contributed by atoms with van der Waals surface area (Å²) in [6.45, 7) is 2.76. The van der Waals surface area contributed by atoms with Gasteiger partial charge in [0.1, 0.15) is 0 Å². The molecule has 0 N–H and O–H groups in total. The van der Waals surface area contributed by atoms with E-state index < -0.39 is 0 Å². The molecule has 0 unspecified atom stereocenters. The highest BCUT2D eigenvalue weighted by Crippen LogP contribution is 2.29. The van der Waals surface area contributed by atoms with Gasteiger partial charge in [0, 0.05) is 12.1 Å². The molecule has 1 aliphatic carbocycles. The molecule has 2 aromatic carbocycles. The van der Waals surface area contributed by atoms with Crippen molar-refractivity contribution in [1.29, 1.82) is 0 Å². The fourth-order valence-corrected chi connectivity index (χ4v) is 5.11. The van der Waals surface area contributed by atoms with Crippen LogP contribution in [0.4, 0.5) is 5.69 Å². The lowest BCUT2D eigenvalue weighted by Crippen LogP contribution is -2.30. The Labute approximate surface area is 212 Å². The quantitative estimate of drug-likeness (QED) is 0.205. The number of anilines is 1. The zero-order valence-corrected chi connectivity index (χ0v) is 21.8. The summed E-state index contributed by atoms with van der Waals surface area (Å²) in [5.74, 6) is 0.405. The number of amides is 1. The van der Waals surface area contributed by atoms with Crippen molar-refractivity contribution in [3.05, 3.63) is 65.2 Å². The molecule has 4 nitrogen and oxygen atoms in total. The van der Waals surface area contributed by atoms with E-state index in [0.29, 0.717) is 24.4 Å². The maximum atomic E-state index is 13.4. The highest BCUT2D eigenvalue weighted by molar-refractivity contribution is 5.96. The Bertz CT molecular complexity index is 915. The Morgan fingerprint density at radius 1 is 0.914 bits per heavy atom. The third kappa shape index (κ3) is 8.83. The topological polar surface area (TPSA) is 46.6 Å². The number of rotatable bonds is 14. The molecule has 4 heteroatoms. The van der Waals surface area contributed by atoms with Crippen molar-refractivity contribution >= 4 is 17.6 Å². The predicted molar refractivity (Wildman–Crippen MR) is 144 cm³/mol. The van der Waals surface area contributed by atoms with Gasteiger partial charge in [-0.3, -0.25) is 4.79 Å². The van der Waals surface area contributed by atoms with Gasteiger partial charge in [-0.25, -0.2) is 4.79 Å². The molecule has 0 aliphatic heterocycles. The van der Waals surface area contributed by atoms with Gasteiger partial charge in [0.05, 0.1) is 19.2 Å². The van der Waals surface area contributed by atoms with E-state index in [1.807, 2.05) is 17.0 Å². The molecule has 0 aromatic heterocycles. The number of ether oxygens (including phenoxy) is 1. The van der Waals surface area contributed by atoms with E-state index in [-0.39, 0.29) is 11.9 Å². The van der Waals surface area contributed by atoms with Gasteiger partial charge < -0.3 is 9.64 Å². The number of unbranched alkanes of at least 4 members (excludes halogenated alkanes) is 5. The minimum atomic E-state index is -0.385. The number of methoxy groups -OCH3 is 1. The molecule has 0 radical (unpaired) electrons. The van der Waals surface area contributed by atoms with Crippen LogP contribution in [0.1, 0.15) is 105 Å². The van der Waals surface area contributed by atoms with Gasteiger partial charge in [-0.1, -0.05) is 95.0 Å². The number of nitrogens with zero attached hydrogens (tertiary/aromatic N) is 1. The van der Waals surface area contributed by atoms with Crippen molar-refractivity contribution < 1.29 is 14.3 Å². The molecule has 0 saturated heterocycles. The third-order valence-corrected chi connectivity index (χ3v) is 7.30. The van der Waals surface area contributed by atoms with Gasteiger partial charge >= 0.3 is 5.97 Å². The standard InChI is InChI=1S/C31H43NO3/c1-3-4-5-6-7-8-12-26-17-19-27(20-18-26)24-32(30(33)22-21-25-13-9-10-14-25)29-16-11-15-28(23-29)31(34)35-2/h11,15-20,23,25H,3-10,12-14,21-22,24H2,1-2H3. The van der Waals surface area contributed by atoms with Crippen LogP contribution in [-0.2, 0) is 22.5 Å². The lowest BCUT2D eigenvalue weighted by molar-refractivity contribution is -0.119. The molecule has 35 heavy (non-hydrogen) atoms. The number of hydrogen-bond acceptors (Lipinski definition) is 3. The van der Waals surface area contributed by atoms with Crippen LogP contribution in [0, 0.1) is 5.92 Å². The molecule has 0 heterocycles. The fraction of sp³-hybridized carbons (Fsp3) is 0.548. The number of benzene rings is 2. The summed E-state index contributed by atoms with van der Waals surface area (Å²) in [7, 11) is 1.38. The molecule has 0 spiro atoms. The second-order valence-corrected chi connectivity index (χ2v) is 10.0. The molecule has 190 valence electrons. The third-order valence-electron chi connectivity index (χ3n) is 7.30. The number of esters is 1. The minimum Gasteiger partial charge on any atom is -0.465 e. The molecular weight excluding hydrogens is 434 g/mol. The van der Waals surface area contributed by atoms with Crippen molar-refractivity contribution in [2.45, 2.75) is 96.9 Å². The first-order valence-corrected chi connectivity index (χ1v) is 13.7. The minimum absolute atomic E-state index is 0.120. The number of aryl methyl sites for hydroxylation is 1. The Kier molecular flexibility index (Phi) is 11.3. The first kappa shape index (κ1) is 27.0. The summed E-state index contributed by atoms with van der Waals surface area (Å²) in [6.07, 6.45) is 15.5. The van der Waals surface area contributed by atoms with Crippen LogP contribution in [0.2, 0.25) is 0 Å². The first-order valence-electron chi connectivity index (χ1n) is 13.7. The molecule has 2 aromatic rings. The maximum absolute atomic E-state index is 13.4. The summed E-state index contributed by atoms with van der Waals surface area (Å²) in [5, 5.41) is 0. The number of hydrogen-bond donors (Lipinski definition) is 0. The lowest BCUT2D eigenvalue weighted by Gasteiger charge is -2.24. The van der Waals surface area contributed by atoms with Crippen LogP contribution in [-0.4, -0.2) is 19.0 Å². The Morgan fingerprint density at radius 3 is 2.31 bits per heavy atom. The van der Waals surface area contributed by atoms with Crippen LogP contribution < -0.4 is 4.90 Å². The average Bonchev–Trinajstić information content (AvgIpc) is 3.42. The monoisotopic (exact) mass is 477 g/mol. The summed E-state index contributed by atoms with van der Waals surface area (Å²) >= 11 is 0. The molecule has 1 saturated carbocycles. The average molecular weight is 478 g/mol. The lowest BCUT2D eigenvalue weighted by atomic mass is 10.0. The molecule has 1 fully saturated rings. The molecule has 0 atom stereocenters. The van der Waals surface area contributed by atoms with Gasteiger partial charge in [-0.05, 0) is 54.5 Å². The van der Waals surface area contributed by atoms with E-state index in [4.69, 9.17) is 4.74 Å². The van der Waals surface area contributed by atoms with E-state index in [1.165, 1.54) is 76.9 Å². The Balaban J connectivity index is 1.65. The van der Waals surface area contributed by atoms with E-state index in [1.54, 1.807) is 12.1 Å². The van der Waals surface area contributed by atoms with Crippen LogP contribution in [0.25, 0.3) is 0 Å². The summed E-state index contributed by atoms with van der Waals surface area (Å²) in [5.41, 5.74) is 3.68. The molecule has 0 bridgehead atoms. The second kappa shape index (κ2) is 14.7. The summed E-state index contributed by atoms with van der Waals surface area (Å²) in [6, 6.07) is 15.9. The van der Waals surface area contributed by atoms with E-state index in [0.717, 1.165) is 24.1 Å². The maximum Gasteiger partial charge on any atom is 0.337 e. The van der Waals surface area contributed by atoms with Crippen molar-refractivity contribution in [2.24, 2.45) is 5.92 Å². The highest BCUT2D eigenvalue weighted by atomic mass is 16.5. The van der Waals surface area contributed by atoms with Crippen molar-refractivity contribution in [3.8, 4) is 0 Å². The molecular formula is C31H43NO3. The smallest absolute Gasteiger partial charge is 0.337 e. The van der Waals surface area contributed by atoms with Crippen molar-refractivity contribution in [2.75, 3.05) is 12.0 Å². The predicted octanol–water partition coefficient (Wildman–Crippen LogP) is 7.88. The normalized spacial score (nSPS) is 13.7. The number of carbonyl (C=O) groups is 2. The van der Waals surface area contributed by atoms with E-state index >= 15 is 0 Å². The van der Waals surface area contributed by atoms with E-state index in [2.05, 4.69) is 31.2 Å². The zero-order chi connectivity index (χ0) is 24.9. The first-order chi connectivity index (χ1) is 17.1. The SMILES string of the molecule is CCCCCCCCc1ccc(CN(C(=O)CCC2CCCC2)c2cccc(C(=O)OC)c2)cc1. The van der Waals surface area contributed by atoms with Crippen LogP contribution in [0.5, 0.6) is 0 Å². The van der Waals surface area contributed by atoms with Crippen LogP contribution in [0.15, 0.2) is 48.5 Å². The van der Waals surface area contributed by atoms with Gasteiger partial charge in [0.25, 0.3) is 0 Å². The molecule has 1 amide bonds. The highest BCUT2D eigenvalue weighted by Gasteiger charge is 2.21. The van der Waals surface area contributed by atoms with E-state index in [9.17, 15) is 9.59 Å². The molecule has 3 rings (SSSR count). The summed E-state index contributed by atoms with van der Waals surface area (Å²) < 4.78 is 4.90. The number of carbonyl (C=O) groups excluding carboxylic acids is 2. The van der Waals surface area contributed by atoms with Crippen molar-refractivity contribution in [1.82, 2.24) is 0 Å². The molecule has 1 aliphatic rings. The van der Waals surface area contributed by atoms with Gasteiger partial charge in [-0.15, -0.1) is 0 Å². The van der Waals surface area contributed by atoms with Gasteiger partial charge in [0.15, 0.2) is 0 Å².